The Labute approximate surface area is 119 Å². The van der Waals surface area contributed by atoms with Crippen molar-refractivity contribution in [3.05, 3.63) is 23.4 Å². The normalized spacial score (nSPS) is 9.95. The van der Waals surface area contributed by atoms with Crippen molar-refractivity contribution in [3.8, 4) is 0 Å². The summed E-state index contributed by atoms with van der Waals surface area (Å²) < 4.78 is 0. The van der Waals surface area contributed by atoms with Crippen molar-refractivity contribution in [1.82, 2.24) is 15.6 Å². The largest absolute Gasteiger partial charge is 0.373 e. The maximum atomic E-state index is 12.0. The quantitative estimate of drug-likeness (QED) is 0.693. The molecular weight excluding hydrogens is 256 g/mol. The Morgan fingerprint density at radius 1 is 1.20 bits per heavy atom. The first-order valence-electron chi connectivity index (χ1n) is 6.84. The highest BCUT2D eigenvalue weighted by Gasteiger charge is 2.10. The molecule has 0 aliphatic rings. The van der Waals surface area contributed by atoms with Gasteiger partial charge in [-0.05, 0) is 25.0 Å². The van der Waals surface area contributed by atoms with Gasteiger partial charge < -0.3 is 16.0 Å². The summed E-state index contributed by atoms with van der Waals surface area (Å²) in [6.45, 7) is 4.55. The fourth-order valence-electron chi connectivity index (χ4n) is 1.62. The highest BCUT2D eigenvalue weighted by Crippen LogP contribution is 2.10. The Kier molecular flexibility index (Phi) is 6.49. The van der Waals surface area contributed by atoms with Crippen molar-refractivity contribution in [2.45, 2.75) is 26.7 Å². The Morgan fingerprint density at radius 3 is 2.55 bits per heavy atom. The molecule has 6 heteroatoms. The van der Waals surface area contributed by atoms with Crippen LogP contribution in [0.15, 0.2) is 12.1 Å². The zero-order valence-electron chi connectivity index (χ0n) is 12.2. The summed E-state index contributed by atoms with van der Waals surface area (Å²) in [6.07, 6.45) is 1.61. The van der Waals surface area contributed by atoms with Crippen molar-refractivity contribution in [2.75, 3.05) is 25.5 Å². The molecule has 6 nitrogen and oxygen atoms in total. The third-order valence-corrected chi connectivity index (χ3v) is 2.74. The number of aryl methyl sites for hydroxylation is 1. The van der Waals surface area contributed by atoms with E-state index in [1.165, 1.54) is 0 Å². The predicted octanol–water partition coefficient (Wildman–Crippen LogP) is 0.942. The van der Waals surface area contributed by atoms with Gasteiger partial charge in [-0.1, -0.05) is 13.8 Å². The number of pyridine rings is 1. The van der Waals surface area contributed by atoms with Crippen molar-refractivity contribution >= 4 is 17.6 Å². The summed E-state index contributed by atoms with van der Waals surface area (Å²) in [7, 11) is 1.75. The van der Waals surface area contributed by atoms with Gasteiger partial charge in [0.2, 0.25) is 5.91 Å². The molecular formula is C14H22N4O2. The molecule has 0 unspecified atom stereocenters. The van der Waals surface area contributed by atoms with E-state index in [9.17, 15) is 9.59 Å². The average molecular weight is 278 g/mol. The average Bonchev–Trinajstić information content (AvgIpc) is 2.49. The molecule has 0 fully saturated rings. The second kappa shape index (κ2) is 8.14. The molecule has 1 heterocycles. The fraction of sp³-hybridized carbons (Fsp3) is 0.500. The van der Waals surface area contributed by atoms with Crippen LogP contribution in [0.5, 0.6) is 0 Å². The molecule has 0 aliphatic carbocycles. The van der Waals surface area contributed by atoms with E-state index >= 15 is 0 Å². The van der Waals surface area contributed by atoms with Crippen LogP contribution in [-0.2, 0) is 11.2 Å². The van der Waals surface area contributed by atoms with Gasteiger partial charge in [0.05, 0.1) is 6.54 Å². The van der Waals surface area contributed by atoms with Crippen LogP contribution in [0.25, 0.3) is 0 Å². The molecule has 1 aromatic heterocycles. The summed E-state index contributed by atoms with van der Waals surface area (Å²) >= 11 is 0. The van der Waals surface area contributed by atoms with Crippen molar-refractivity contribution < 1.29 is 9.59 Å². The van der Waals surface area contributed by atoms with Crippen LogP contribution >= 0.6 is 0 Å². The smallest absolute Gasteiger partial charge is 0.251 e. The number of rotatable bonds is 7. The van der Waals surface area contributed by atoms with E-state index in [-0.39, 0.29) is 18.4 Å². The number of amides is 2. The first-order chi connectivity index (χ1) is 9.60. The summed E-state index contributed by atoms with van der Waals surface area (Å²) in [6, 6.07) is 3.40. The second-order valence-corrected chi connectivity index (χ2v) is 4.37. The number of aromatic nitrogens is 1. The highest BCUT2D eigenvalue weighted by molar-refractivity contribution is 5.97. The van der Waals surface area contributed by atoms with E-state index < -0.39 is 0 Å². The Balaban J connectivity index is 2.65. The summed E-state index contributed by atoms with van der Waals surface area (Å²) in [5.74, 6) is 0.189. The molecule has 3 N–H and O–H groups in total. The standard InChI is InChI=1S/C14H22N4O2/c1-4-6-16-13(19)9-17-14(20)10-7-11(5-2)18-12(8-10)15-3/h7-8H,4-6,9H2,1-3H3,(H,15,18)(H,16,19)(H,17,20). The minimum Gasteiger partial charge on any atom is -0.373 e. The number of anilines is 1. The monoisotopic (exact) mass is 278 g/mol. The Morgan fingerprint density at radius 2 is 1.95 bits per heavy atom. The van der Waals surface area contributed by atoms with E-state index in [4.69, 9.17) is 0 Å². The SMILES string of the molecule is CCCNC(=O)CNC(=O)c1cc(CC)nc(NC)c1. The van der Waals surface area contributed by atoms with Crippen LogP contribution in [-0.4, -0.2) is 36.9 Å². The molecule has 0 bridgehead atoms. The minimum absolute atomic E-state index is 0.0164. The zero-order chi connectivity index (χ0) is 15.0. The van der Waals surface area contributed by atoms with Gasteiger partial charge in [-0.2, -0.15) is 0 Å². The second-order valence-electron chi connectivity index (χ2n) is 4.37. The highest BCUT2D eigenvalue weighted by atomic mass is 16.2. The number of carbonyl (C=O) groups excluding carboxylic acids is 2. The first kappa shape index (κ1) is 15.9. The lowest BCUT2D eigenvalue weighted by Crippen LogP contribution is -2.37. The Hall–Kier alpha value is -2.11. The van der Waals surface area contributed by atoms with E-state index in [0.717, 1.165) is 18.5 Å². The molecule has 0 saturated heterocycles. The van der Waals surface area contributed by atoms with Crippen LogP contribution in [0, 0.1) is 0 Å². The number of hydrogen-bond acceptors (Lipinski definition) is 4. The maximum absolute atomic E-state index is 12.0. The molecule has 20 heavy (non-hydrogen) atoms. The van der Waals surface area contributed by atoms with Crippen molar-refractivity contribution in [1.29, 1.82) is 0 Å². The molecule has 0 saturated carbocycles. The molecule has 0 spiro atoms. The van der Waals surface area contributed by atoms with Crippen LogP contribution in [0.4, 0.5) is 5.82 Å². The lowest BCUT2D eigenvalue weighted by Gasteiger charge is -2.09. The van der Waals surface area contributed by atoms with Gasteiger partial charge in [-0.3, -0.25) is 9.59 Å². The number of carbonyl (C=O) groups is 2. The zero-order valence-corrected chi connectivity index (χ0v) is 12.2. The Bertz CT molecular complexity index is 452. The van der Waals surface area contributed by atoms with Crippen LogP contribution < -0.4 is 16.0 Å². The first-order valence-corrected chi connectivity index (χ1v) is 6.84. The van der Waals surface area contributed by atoms with Crippen LogP contribution in [0.1, 0.15) is 36.3 Å². The lowest BCUT2D eigenvalue weighted by atomic mass is 10.2. The molecule has 1 aromatic rings. The minimum atomic E-state index is -0.273. The number of nitrogens with zero attached hydrogens (tertiary/aromatic N) is 1. The molecule has 0 aliphatic heterocycles. The molecule has 110 valence electrons. The van der Waals surface area contributed by atoms with Crippen molar-refractivity contribution in [3.63, 3.8) is 0 Å². The fourth-order valence-corrected chi connectivity index (χ4v) is 1.62. The number of hydrogen-bond donors (Lipinski definition) is 3. The third-order valence-electron chi connectivity index (χ3n) is 2.74. The summed E-state index contributed by atoms with van der Waals surface area (Å²) in [4.78, 5) is 27.8. The molecule has 0 aromatic carbocycles. The van der Waals surface area contributed by atoms with E-state index in [1.54, 1.807) is 19.2 Å². The predicted molar refractivity (Wildman–Crippen MR) is 78.8 cm³/mol. The van der Waals surface area contributed by atoms with Crippen LogP contribution in [0.3, 0.4) is 0 Å². The summed E-state index contributed by atoms with van der Waals surface area (Å²) in [5.41, 5.74) is 1.34. The third kappa shape index (κ3) is 4.87. The van der Waals surface area contributed by atoms with Gasteiger partial charge in [-0.15, -0.1) is 0 Å². The van der Waals surface area contributed by atoms with Gasteiger partial charge in [0.25, 0.3) is 5.91 Å². The number of nitrogens with one attached hydrogen (secondary N) is 3. The van der Waals surface area contributed by atoms with Crippen molar-refractivity contribution in [2.24, 2.45) is 0 Å². The maximum Gasteiger partial charge on any atom is 0.251 e. The van der Waals surface area contributed by atoms with E-state index in [2.05, 4.69) is 20.9 Å². The molecule has 0 atom stereocenters. The van der Waals surface area contributed by atoms with Gasteiger partial charge in [-0.25, -0.2) is 4.98 Å². The van der Waals surface area contributed by atoms with Gasteiger partial charge in [0.1, 0.15) is 5.82 Å². The van der Waals surface area contributed by atoms with Gasteiger partial charge >= 0.3 is 0 Å². The van der Waals surface area contributed by atoms with Gasteiger partial charge in [0, 0.05) is 24.8 Å². The molecule has 2 amide bonds. The van der Waals surface area contributed by atoms with Crippen LogP contribution in [0.2, 0.25) is 0 Å². The van der Waals surface area contributed by atoms with Gasteiger partial charge in [0.15, 0.2) is 0 Å². The topological polar surface area (TPSA) is 83.1 Å². The van der Waals surface area contributed by atoms with E-state index in [0.29, 0.717) is 17.9 Å². The molecule has 0 radical (unpaired) electrons. The lowest BCUT2D eigenvalue weighted by molar-refractivity contribution is -0.120. The molecule has 1 rings (SSSR count). The van der Waals surface area contributed by atoms with E-state index in [1.807, 2.05) is 13.8 Å². The summed E-state index contributed by atoms with van der Waals surface area (Å²) in [5, 5.41) is 8.23.